The van der Waals surface area contributed by atoms with Gasteiger partial charge in [-0.1, -0.05) is 36.4 Å². The maximum atomic E-state index is 14.6. The minimum Gasteiger partial charge on any atom is -0.426 e. The molecule has 4 nitrogen and oxygen atoms in total. The molecule has 164 valence electrons. The van der Waals surface area contributed by atoms with Crippen molar-refractivity contribution in [2.45, 2.75) is 6.42 Å². The average Bonchev–Trinajstić information content (AvgIpc) is 2.84. The second-order valence-corrected chi connectivity index (χ2v) is 7.49. The molecule has 0 aliphatic heterocycles. The number of halogens is 2. The topological polar surface area (TPSA) is 73.9 Å². The number of hydrogen-bond acceptors (Lipinski definition) is 4. The highest BCUT2D eigenvalue weighted by atomic mass is 19.1. The Morgan fingerprint density at radius 2 is 1.21 bits per heavy atom. The van der Waals surface area contributed by atoms with Crippen molar-refractivity contribution in [1.29, 1.82) is 10.5 Å². The largest absolute Gasteiger partial charge is 0.426 e. The number of nitriles is 2. The van der Waals surface area contributed by atoms with Gasteiger partial charge in [0, 0.05) is 17.2 Å². The Kier molecular flexibility index (Phi) is 6.43. The van der Waals surface area contributed by atoms with Crippen LogP contribution in [0, 0.1) is 34.3 Å². The number of rotatable bonds is 5. The van der Waals surface area contributed by atoms with Crippen LogP contribution in [0.5, 0.6) is 5.75 Å². The van der Waals surface area contributed by atoms with Crippen molar-refractivity contribution < 1.29 is 18.3 Å². The second kappa shape index (κ2) is 9.77. The molecule has 6 heteroatoms. The molecular weight excluding hydrogens is 434 g/mol. The van der Waals surface area contributed by atoms with Crippen LogP contribution < -0.4 is 4.74 Å². The molecule has 0 spiro atoms. The van der Waals surface area contributed by atoms with Gasteiger partial charge in [-0.3, -0.25) is 4.79 Å². The molecule has 0 amide bonds. The summed E-state index contributed by atoms with van der Waals surface area (Å²) < 4.78 is 34.4. The van der Waals surface area contributed by atoms with E-state index in [4.69, 9.17) is 15.3 Å². The fourth-order valence-electron chi connectivity index (χ4n) is 3.48. The number of ether oxygens (including phenoxy) is 1. The molecule has 4 aromatic rings. The van der Waals surface area contributed by atoms with E-state index in [2.05, 4.69) is 0 Å². The maximum absolute atomic E-state index is 14.6. The predicted molar refractivity (Wildman–Crippen MR) is 122 cm³/mol. The number of esters is 1. The van der Waals surface area contributed by atoms with Crippen LogP contribution >= 0.6 is 0 Å². The van der Waals surface area contributed by atoms with Crippen LogP contribution in [0.2, 0.25) is 0 Å². The van der Waals surface area contributed by atoms with Crippen molar-refractivity contribution in [2.24, 2.45) is 0 Å². The lowest BCUT2D eigenvalue weighted by Crippen LogP contribution is -2.11. The maximum Gasteiger partial charge on any atom is 0.315 e. The Hall–Kier alpha value is -4.81. The third-order valence-corrected chi connectivity index (χ3v) is 5.20. The zero-order valence-electron chi connectivity index (χ0n) is 17.8. The summed E-state index contributed by atoms with van der Waals surface area (Å²) in [4.78, 5) is 12.3. The van der Waals surface area contributed by atoms with E-state index in [0.29, 0.717) is 38.9 Å². The van der Waals surface area contributed by atoms with E-state index in [-0.39, 0.29) is 12.2 Å². The molecule has 0 saturated heterocycles. The third kappa shape index (κ3) is 4.98. The highest BCUT2D eigenvalue weighted by Gasteiger charge is 2.13. The van der Waals surface area contributed by atoms with Crippen molar-refractivity contribution in [2.75, 3.05) is 0 Å². The van der Waals surface area contributed by atoms with Gasteiger partial charge in [0.2, 0.25) is 0 Å². The molecule has 34 heavy (non-hydrogen) atoms. The monoisotopic (exact) mass is 450 g/mol. The zero-order valence-corrected chi connectivity index (χ0v) is 17.8. The zero-order chi connectivity index (χ0) is 24.1. The third-order valence-electron chi connectivity index (χ3n) is 5.20. The standard InChI is InChI=1S/C28H16F2N2O2/c29-26-13-20(5-11-24(26)21-6-1-18(16-31)2-7-21)14-28(33)34-23-10-12-25(27(30)15-23)22-8-3-19(17-32)4-9-22/h1-13,15H,14H2. The number of carbonyl (C=O) groups is 1. The lowest BCUT2D eigenvalue weighted by molar-refractivity contribution is -0.133. The molecule has 0 aromatic heterocycles. The van der Waals surface area contributed by atoms with Crippen LogP contribution in [0.1, 0.15) is 16.7 Å². The van der Waals surface area contributed by atoms with E-state index in [1.807, 2.05) is 12.1 Å². The summed E-state index contributed by atoms with van der Waals surface area (Å²) >= 11 is 0. The van der Waals surface area contributed by atoms with Crippen LogP contribution in [0.4, 0.5) is 8.78 Å². The Balaban J connectivity index is 1.44. The summed E-state index contributed by atoms with van der Waals surface area (Å²) in [5.41, 5.74) is 3.22. The SMILES string of the molecule is N#Cc1ccc(-c2ccc(CC(=O)Oc3ccc(-c4ccc(C#N)cc4)c(F)c3)cc2F)cc1. The fraction of sp³-hybridized carbons (Fsp3) is 0.0357. The Labute approximate surface area is 194 Å². The first-order valence-corrected chi connectivity index (χ1v) is 10.3. The summed E-state index contributed by atoms with van der Waals surface area (Å²) in [5.74, 6) is -1.70. The molecule has 0 N–H and O–H groups in total. The van der Waals surface area contributed by atoms with E-state index in [0.717, 1.165) is 6.07 Å². The summed E-state index contributed by atoms with van der Waals surface area (Å²) in [6.07, 6.45) is -0.191. The first kappa shape index (κ1) is 22.4. The molecule has 4 rings (SSSR count). The van der Waals surface area contributed by atoms with Crippen molar-refractivity contribution in [3.63, 3.8) is 0 Å². The van der Waals surface area contributed by atoms with Gasteiger partial charge < -0.3 is 4.74 Å². The summed E-state index contributed by atoms with van der Waals surface area (Å²) in [5, 5.41) is 17.8. The summed E-state index contributed by atoms with van der Waals surface area (Å²) in [6, 6.07) is 25.5. The molecule has 0 heterocycles. The smallest absolute Gasteiger partial charge is 0.315 e. The van der Waals surface area contributed by atoms with Gasteiger partial charge in [0.1, 0.15) is 17.4 Å². The first-order chi connectivity index (χ1) is 16.5. The van der Waals surface area contributed by atoms with Crippen LogP contribution in [0.15, 0.2) is 84.9 Å². The first-order valence-electron chi connectivity index (χ1n) is 10.3. The van der Waals surface area contributed by atoms with Crippen molar-refractivity contribution in [3.8, 4) is 40.1 Å². The summed E-state index contributed by atoms with van der Waals surface area (Å²) in [6.45, 7) is 0. The van der Waals surface area contributed by atoms with Gasteiger partial charge in [0.15, 0.2) is 0 Å². The predicted octanol–water partition coefficient (Wildman–Crippen LogP) is 6.19. The number of nitrogens with zero attached hydrogens (tertiary/aromatic N) is 2. The average molecular weight is 450 g/mol. The molecule has 0 unspecified atom stereocenters. The van der Waals surface area contributed by atoms with Crippen molar-refractivity contribution in [3.05, 3.63) is 113 Å². The normalized spacial score (nSPS) is 10.2. The van der Waals surface area contributed by atoms with Crippen LogP contribution in [-0.2, 0) is 11.2 Å². The molecule has 0 radical (unpaired) electrons. The van der Waals surface area contributed by atoms with Crippen molar-refractivity contribution in [1.82, 2.24) is 0 Å². The molecule has 0 aliphatic rings. The minimum absolute atomic E-state index is 0.0366. The second-order valence-electron chi connectivity index (χ2n) is 7.49. The molecule has 0 aliphatic carbocycles. The Bertz CT molecular complexity index is 1340. The quantitative estimate of drug-likeness (QED) is 0.268. The lowest BCUT2D eigenvalue weighted by Gasteiger charge is -2.09. The molecule has 0 atom stereocenters. The molecular formula is C28H16F2N2O2. The molecule has 0 fully saturated rings. The van der Waals surface area contributed by atoms with E-state index in [1.165, 1.54) is 18.2 Å². The van der Waals surface area contributed by atoms with Gasteiger partial charge in [-0.2, -0.15) is 10.5 Å². The van der Waals surface area contributed by atoms with E-state index in [9.17, 15) is 13.6 Å². The Morgan fingerprint density at radius 3 is 1.68 bits per heavy atom. The van der Waals surface area contributed by atoms with E-state index < -0.39 is 17.6 Å². The van der Waals surface area contributed by atoms with Crippen LogP contribution in [0.25, 0.3) is 22.3 Å². The number of hydrogen-bond donors (Lipinski definition) is 0. The van der Waals surface area contributed by atoms with Crippen molar-refractivity contribution >= 4 is 5.97 Å². The van der Waals surface area contributed by atoms with Gasteiger partial charge in [-0.05, 0) is 59.2 Å². The van der Waals surface area contributed by atoms with E-state index >= 15 is 0 Å². The van der Waals surface area contributed by atoms with Crippen LogP contribution in [-0.4, -0.2) is 5.97 Å². The summed E-state index contributed by atoms with van der Waals surface area (Å²) in [7, 11) is 0. The van der Waals surface area contributed by atoms with Gasteiger partial charge in [0.25, 0.3) is 0 Å². The highest BCUT2D eigenvalue weighted by molar-refractivity contribution is 5.76. The van der Waals surface area contributed by atoms with Crippen LogP contribution in [0.3, 0.4) is 0 Å². The van der Waals surface area contributed by atoms with E-state index in [1.54, 1.807) is 60.7 Å². The minimum atomic E-state index is -0.656. The van der Waals surface area contributed by atoms with Gasteiger partial charge in [0.05, 0.1) is 29.7 Å². The molecule has 4 aromatic carbocycles. The molecule has 0 bridgehead atoms. The fourth-order valence-corrected chi connectivity index (χ4v) is 3.48. The lowest BCUT2D eigenvalue weighted by atomic mass is 10.0. The number of carbonyl (C=O) groups excluding carboxylic acids is 1. The molecule has 0 saturated carbocycles. The highest BCUT2D eigenvalue weighted by Crippen LogP contribution is 2.27. The Morgan fingerprint density at radius 1 is 0.706 bits per heavy atom. The van der Waals surface area contributed by atoms with Gasteiger partial charge in [-0.25, -0.2) is 8.78 Å². The number of benzene rings is 4. The van der Waals surface area contributed by atoms with Gasteiger partial charge >= 0.3 is 5.97 Å². The van der Waals surface area contributed by atoms with Gasteiger partial charge in [-0.15, -0.1) is 0 Å².